The van der Waals surface area contributed by atoms with E-state index in [0.717, 1.165) is 11.8 Å². The molecule has 1 amide bonds. The maximum atomic E-state index is 13.6. The minimum Gasteiger partial charge on any atom is -0.339 e. The van der Waals surface area contributed by atoms with Gasteiger partial charge in [0.05, 0.1) is 18.1 Å². The van der Waals surface area contributed by atoms with Gasteiger partial charge in [-0.1, -0.05) is 18.2 Å². The summed E-state index contributed by atoms with van der Waals surface area (Å²) in [4.78, 5) is 20.0. The molecule has 0 aliphatic carbocycles. The molecule has 2 N–H and O–H groups in total. The third-order valence-electron chi connectivity index (χ3n) is 3.21. The largest absolute Gasteiger partial charge is 0.339 e. The van der Waals surface area contributed by atoms with Crippen LogP contribution in [0.1, 0.15) is 10.5 Å². The number of hydrogen-bond donors (Lipinski definition) is 2. The highest BCUT2D eigenvalue weighted by molar-refractivity contribution is 6.02. The third kappa shape index (κ3) is 3.74. The number of carbonyl (C=O) groups excluding carboxylic acids is 1. The molecule has 25 heavy (non-hydrogen) atoms. The molecule has 0 spiro atoms. The van der Waals surface area contributed by atoms with E-state index >= 15 is 0 Å². The molecular formula is C17H11F3N4O. The zero-order valence-corrected chi connectivity index (χ0v) is 12.6. The van der Waals surface area contributed by atoms with Crippen molar-refractivity contribution in [2.45, 2.75) is 0 Å². The lowest BCUT2D eigenvalue weighted by atomic mass is 10.2. The van der Waals surface area contributed by atoms with E-state index in [-0.39, 0.29) is 5.69 Å². The van der Waals surface area contributed by atoms with Crippen LogP contribution in [0.3, 0.4) is 0 Å². The lowest BCUT2D eigenvalue weighted by Gasteiger charge is -2.08. The lowest BCUT2D eigenvalue weighted by molar-refractivity contribution is 0.102. The summed E-state index contributed by atoms with van der Waals surface area (Å²) >= 11 is 0. The smallest absolute Gasteiger partial charge is 0.275 e. The molecule has 1 aromatic heterocycles. The van der Waals surface area contributed by atoms with Gasteiger partial charge in [-0.15, -0.1) is 0 Å². The zero-order valence-electron chi connectivity index (χ0n) is 12.6. The van der Waals surface area contributed by atoms with Crippen molar-refractivity contribution in [3.8, 4) is 0 Å². The van der Waals surface area contributed by atoms with Gasteiger partial charge in [0.2, 0.25) is 0 Å². The van der Waals surface area contributed by atoms with Crippen LogP contribution in [0.15, 0.2) is 54.9 Å². The standard InChI is InChI=1S/C17H11F3N4O/c18-11-6-7-12(16(20)15(11)19)24-17(25)13-8-22-14(9-21-13)23-10-4-2-1-3-5-10/h1-9H,(H,22,23)(H,24,25). The van der Waals surface area contributed by atoms with Gasteiger partial charge in [0.15, 0.2) is 17.5 Å². The molecule has 3 rings (SSSR count). The number of hydrogen-bond acceptors (Lipinski definition) is 4. The lowest BCUT2D eigenvalue weighted by Crippen LogP contribution is -2.16. The summed E-state index contributed by atoms with van der Waals surface area (Å²) in [5, 5.41) is 5.11. The van der Waals surface area contributed by atoms with Gasteiger partial charge in [-0.25, -0.2) is 23.1 Å². The van der Waals surface area contributed by atoms with E-state index in [4.69, 9.17) is 0 Å². The first kappa shape index (κ1) is 16.4. The quantitative estimate of drug-likeness (QED) is 0.705. The van der Waals surface area contributed by atoms with Crippen molar-refractivity contribution in [1.29, 1.82) is 0 Å². The summed E-state index contributed by atoms with van der Waals surface area (Å²) in [5.74, 6) is -4.88. The summed E-state index contributed by atoms with van der Waals surface area (Å²) in [6, 6.07) is 10.8. The molecule has 1 heterocycles. The first-order chi connectivity index (χ1) is 12.0. The van der Waals surface area contributed by atoms with E-state index in [2.05, 4.69) is 20.6 Å². The number of benzene rings is 2. The number of halogens is 3. The number of amides is 1. The van der Waals surface area contributed by atoms with Crippen molar-refractivity contribution in [3.63, 3.8) is 0 Å². The fourth-order valence-corrected chi connectivity index (χ4v) is 1.99. The van der Waals surface area contributed by atoms with Gasteiger partial charge in [0.1, 0.15) is 11.5 Å². The Morgan fingerprint density at radius 2 is 1.64 bits per heavy atom. The average molecular weight is 344 g/mol. The fourth-order valence-electron chi connectivity index (χ4n) is 1.99. The van der Waals surface area contributed by atoms with Crippen molar-refractivity contribution >= 4 is 23.1 Å². The molecule has 8 heteroatoms. The van der Waals surface area contributed by atoms with Crippen LogP contribution >= 0.6 is 0 Å². The van der Waals surface area contributed by atoms with Gasteiger partial charge >= 0.3 is 0 Å². The number of anilines is 3. The van der Waals surface area contributed by atoms with Gasteiger partial charge in [-0.3, -0.25) is 4.79 Å². The maximum Gasteiger partial charge on any atom is 0.275 e. The second kappa shape index (κ2) is 7.00. The Labute approximate surface area is 140 Å². The average Bonchev–Trinajstić information content (AvgIpc) is 2.63. The van der Waals surface area contributed by atoms with Crippen molar-refractivity contribution in [3.05, 3.63) is 78.0 Å². The minimum absolute atomic E-state index is 0.109. The van der Waals surface area contributed by atoms with E-state index in [9.17, 15) is 18.0 Å². The van der Waals surface area contributed by atoms with Crippen LogP contribution in [0.25, 0.3) is 0 Å². The molecule has 0 fully saturated rings. The van der Waals surface area contributed by atoms with Crippen molar-refractivity contribution < 1.29 is 18.0 Å². The summed E-state index contributed by atoms with van der Waals surface area (Å²) < 4.78 is 39.6. The molecule has 3 aromatic rings. The van der Waals surface area contributed by atoms with Gasteiger partial charge in [0, 0.05) is 5.69 Å². The van der Waals surface area contributed by atoms with Gasteiger partial charge in [-0.05, 0) is 24.3 Å². The first-order valence-corrected chi connectivity index (χ1v) is 7.13. The molecule has 0 atom stereocenters. The minimum atomic E-state index is -1.66. The molecule has 5 nitrogen and oxygen atoms in total. The molecule has 0 aliphatic rings. The van der Waals surface area contributed by atoms with Crippen molar-refractivity contribution in [2.24, 2.45) is 0 Å². The SMILES string of the molecule is O=C(Nc1ccc(F)c(F)c1F)c1cnc(Nc2ccccc2)cn1. The maximum absolute atomic E-state index is 13.6. The zero-order chi connectivity index (χ0) is 17.8. The molecule has 0 saturated heterocycles. The Morgan fingerprint density at radius 3 is 2.32 bits per heavy atom. The Balaban J connectivity index is 1.72. The fraction of sp³-hybridized carbons (Fsp3) is 0. The van der Waals surface area contributed by atoms with Crippen LogP contribution < -0.4 is 10.6 Å². The summed E-state index contributed by atoms with van der Waals surface area (Å²) in [7, 11) is 0. The highest BCUT2D eigenvalue weighted by Gasteiger charge is 2.16. The molecular weight excluding hydrogens is 333 g/mol. The topological polar surface area (TPSA) is 66.9 Å². The Bertz CT molecular complexity index is 902. The number of aromatic nitrogens is 2. The van der Waals surface area contributed by atoms with E-state index in [1.54, 1.807) is 0 Å². The van der Waals surface area contributed by atoms with Crippen LogP contribution in [0.2, 0.25) is 0 Å². The van der Waals surface area contributed by atoms with E-state index in [1.807, 2.05) is 30.3 Å². The normalized spacial score (nSPS) is 10.4. The van der Waals surface area contributed by atoms with Crippen molar-refractivity contribution in [1.82, 2.24) is 9.97 Å². The predicted molar refractivity (Wildman–Crippen MR) is 86.0 cm³/mol. The third-order valence-corrected chi connectivity index (χ3v) is 3.21. The highest BCUT2D eigenvalue weighted by atomic mass is 19.2. The summed E-state index contributed by atoms with van der Waals surface area (Å²) in [6.45, 7) is 0. The van der Waals surface area contributed by atoms with Crippen LogP contribution in [-0.2, 0) is 0 Å². The molecule has 126 valence electrons. The predicted octanol–water partition coefficient (Wildman–Crippen LogP) is 3.89. The molecule has 0 radical (unpaired) electrons. The molecule has 0 saturated carbocycles. The number of nitrogens with zero attached hydrogens (tertiary/aromatic N) is 2. The van der Waals surface area contributed by atoms with Crippen LogP contribution in [-0.4, -0.2) is 15.9 Å². The number of rotatable bonds is 4. The van der Waals surface area contributed by atoms with Gasteiger partial charge < -0.3 is 10.6 Å². The van der Waals surface area contributed by atoms with Crippen molar-refractivity contribution in [2.75, 3.05) is 10.6 Å². The molecule has 0 bridgehead atoms. The Hall–Kier alpha value is -3.42. The molecule has 0 aliphatic heterocycles. The number of nitrogens with one attached hydrogen (secondary N) is 2. The van der Waals surface area contributed by atoms with Gasteiger partial charge in [0.25, 0.3) is 5.91 Å². The summed E-state index contributed by atoms with van der Waals surface area (Å²) in [5.41, 5.74) is 0.192. The highest BCUT2D eigenvalue weighted by Crippen LogP contribution is 2.20. The van der Waals surface area contributed by atoms with Crippen LogP contribution in [0, 0.1) is 17.5 Å². The van der Waals surface area contributed by atoms with Crippen LogP contribution in [0.4, 0.5) is 30.4 Å². The Kier molecular flexibility index (Phi) is 4.60. The number of para-hydroxylation sites is 1. The molecule has 2 aromatic carbocycles. The van der Waals surface area contributed by atoms with E-state index in [1.165, 1.54) is 12.4 Å². The van der Waals surface area contributed by atoms with Gasteiger partial charge in [-0.2, -0.15) is 0 Å². The number of carbonyl (C=O) groups is 1. The Morgan fingerprint density at radius 1 is 0.880 bits per heavy atom. The van der Waals surface area contributed by atoms with Crippen LogP contribution in [0.5, 0.6) is 0 Å². The second-order valence-electron chi connectivity index (χ2n) is 4.95. The second-order valence-corrected chi connectivity index (χ2v) is 4.95. The van der Waals surface area contributed by atoms with E-state index < -0.39 is 29.0 Å². The molecule has 0 unspecified atom stereocenters. The summed E-state index contributed by atoms with van der Waals surface area (Å²) in [6.07, 6.45) is 2.50. The first-order valence-electron chi connectivity index (χ1n) is 7.13. The van der Waals surface area contributed by atoms with E-state index in [0.29, 0.717) is 11.9 Å². The monoisotopic (exact) mass is 344 g/mol.